The first-order chi connectivity index (χ1) is 12.9. The lowest BCUT2D eigenvalue weighted by Gasteiger charge is -2.10. The molecule has 2 unspecified atom stereocenters. The molecule has 0 aromatic heterocycles. The minimum absolute atomic E-state index is 0.0551. The lowest BCUT2D eigenvalue weighted by atomic mass is 10.1. The molecule has 27 heavy (non-hydrogen) atoms. The van der Waals surface area contributed by atoms with Gasteiger partial charge in [-0.25, -0.2) is 0 Å². The normalized spacial score (nSPS) is 20.3. The number of ether oxygens (including phenoxy) is 1. The van der Waals surface area contributed by atoms with Gasteiger partial charge in [0.25, 0.3) is 0 Å². The molecule has 1 saturated carbocycles. The minimum Gasteiger partial charge on any atom is -0.461 e. The number of carbonyl (C=O) groups is 1. The van der Waals surface area contributed by atoms with E-state index in [9.17, 15) is 4.79 Å². The van der Waals surface area contributed by atoms with E-state index in [0.717, 1.165) is 16.9 Å². The van der Waals surface area contributed by atoms with Crippen molar-refractivity contribution in [3.8, 4) is 0 Å². The molecule has 0 aliphatic heterocycles. The van der Waals surface area contributed by atoms with Crippen molar-refractivity contribution in [3.05, 3.63) is 59.7 Å². The number of rotatable bonds is 7. The van der Waals surface area contributed by atoms with Gasteiger partial charge in [0, 0.05) is 23.5 Å². The van der Waals surface area contributed by atoms with Gasteiger partial charge in [0.05, 0.1) is 5.92 Å². The van der Waals surface area contributed by atoms with Gasteiger partial charge in [-0.1, -0.05) is 48.8 Å². The molecule has 1 aliphatic carbocycles. The van der Waals surface area contributed by atoms with Gasteiger partial charge >= 0.3 is 5.97 Å². The zero-order valence-electron chi connectivity index (χ0n) is 16.2. The first kappa shape index (κ1) is 19.0. The third kappa shape index (κ3) is 4.48. The molecule has 0 heterocycles. The highest BCUT2D eigenvalue weighted by molar-refractivity contribution is 5.85. The van der Waals surface area contributed by atoms with Crippen molar-refractivity contribution >= 4 is 23.6 Å². The van der Waals surface area contributed by atoms with E-state index in [0.29, 0.717) is 0 Å². The Morgan fingerprint density at radius 3 is 2.63 bits per heavy atom. The first-order valence-corrected chi connectivity index (χ1v) is 9.07. The molecule has 5 heteroatoms. The van der Waals surface area contributed by atoms with Crippen LogP contribution in [-0.2, 0) is 21.0 Å². The molecular formula is C22H26N2O3. The molecule has 0 amide bonds. The number of benzene rings is 2. The van der Waals surface area contributed by atoms with Crippen molar-refractivity contribution < 1.29 is 14.4 Å². The van der Waals surface area contributed by atoms with Crippen molar-refractivity contribution in [2.45, 2.75) is 27.4 Å². The molecule has 0 radical (unpaired) electrons. The molecule has 3 rings (SSSR count). The van der Waals surface area contributed by atoms with Crippen LogP contribution in [0.2, 0.25) is 0 Å². The van der Waals surface area contributed by atoms with E-state index >= 15 is 0 Å². The molecule has 2 aromatic rings. The van der Waals surface area contributed by atoms with E-state index in [1.807, 2.05) is 50.2 Å². The summed E-state index contributed by atoms with van der Waals surface area (Å²) in [5.41, 5.74) is 4.01. The Hall–Kier alpha value is -2.82. The van der Waals surface area contributed by atoms with Gasteiger partial charge < -0.3 is 14.9 Å². The molecular weight excluding hydrogens is 340 g/mol. The number of aryl methyl sites for hydroxylation is 1. The largest absolute Gasteiger partial charge is 0.461 e. The van der Waals surface area contributed by atoms with Crippen LogP contribution in [0.5, 0.6) is 0 Å². The van der Waals surface area contributed by atoms with Gasteiger partial charge in [0.2, 0.25) is 0 Å². The number of anilines is 2. The predicted octanol–water partition coefficient (Wildman–Crippen LogP) is 4.69. The van der Waals surface area contributed by atoms with Crippen LogP contribution < -0.4 is 5.32 Å². The van der Waals surface area contributed by atoms with Crippen LogP contribution in [0, 0.1) is 24.2 Å². The summed E-state index contributed by atoms with van der Waals surface area (Å²) in [7, 11) is 1.50. The fourth-order valence-electron chi connectivity index (χ4n) is 3.32. The van der Waals surface area contributed by atoms with Crippen molar-refractivity contribution in [3.63, 3.8) is 0 Å². The monoisotopic (exact) mass is 366 g/mol. The Kier molecular flexibility index (Phi) is 5.49. The zero-order chi connectivity index (χ0) is 19.4. The molecule has 1 aliphatic rings. The van der Waals surface area contributed by atoms with Crippen molar-refractivity contribution in [1.29, 1.82) is 0 Å². The highest BCUT2D eigenvalue weighted by Gasteiger charge is 2.62. The number of nitrogens with one attached hydrogen (secondary N) is 1. The van der Waals surface area contributed by atoms with Crippen molar-refractivity contribution in [2.24, 2.45) is 22.4 Å². The Labute approximate surface area is 160 Å². The Morgan fingerprint density at radius 1 is 1.19 bits per heavy atom. The summed E-state index contributed by atoms with van der Waals surface area (Å²) >= 11 is 0. The van der Waals surface area contributed by atoms with Gasteiger partial charge in [-0.05, 0) is 42.2 Å². The minimum atomic E-state index is -0.190. The maximum atomic E-state index is 12.4. The summed E-state index contributed by atoms with van der Waals surface area (Å²) in [5.74, 6) is -0.311. The maximum Gasteiger partial charge on any atom is 0.310 e. The number of hydrogen-bond donors (Lipinski definition) is 1. The molecule has 2 aromatic carbocycles. The number of carbonyl (C=O) groups excluding carboxylic acids is 1. The molecule has 1 N–H and O–H groups in total. The van der Waals surface area contributed by atoms with Crippen LogP contribution in [0.15, 0.2) is 53.7 Å². The fraction of sp³-hybridized carbons (Fsp3) is 0.364. The Bertz CT molecular complexity index is 828. The van der Waals surface area contributed by atoms with Crippen LogP contribution in [0.1, 0.15) is 25.0 Å². The van der Waals surface area contributed by atoms with Crippen LogP contribution in [0.4, 0.5) is 11.4 Å². The lowest BCUT2D eigenvalue weighted by molar-refractivity contribution is -0.147. The third-order valence-corrected chi connectivity index (χ3v) is 5.14. The predicted molar refractivity (Wildman–Crippen MR) is 107 cm³/mol. The molecule has 0 bridgehead atoms. The summed E-state index contributed by atoms with van der Waals surface area (Å²) in [6.45, 7) is 6.39. The van der Waals surface area contributed by atoms with E-state index in [4.69, 9.17) is 9.57 Å². The van der Waals surface area contributed by atoms with Gasteiger partial charge in [-0.3, -0.25) is 4.79 Å². The van der Waals surface area contributed by atoms with Gasteiger partial charge in [-0.2, -0.15) is 0 Å². The van der Waals surface area contributed by atoms with Crippen LogP contribution in [0.25, 0.3) is 0 Å². The van der Waals surface area contributed by atoms with Gasteiger partial charge in [0.15, 0.2) is 0 Å². The summed E-state index contributed by atoms with van der Waals surface area (Å²) in [5, 5.41) is 7.16. The van der Waals surface area contributed by atoms with E-state index < -0.39 is 0 Å². The number of oxime groups is 1. The number of nitrogens with zero attached hydrogens (tertiary/aromatic N) is 1. The second-order valence-corrected chi connectivity index (χ2v) is 7.56. The van der Waals surface area contributed by atoms with E-state index in [1.165, 1.54) is 12.7 Å². The molecule has 5 nitrogen and oxygen atoms in total. The highest BCUT2D eigenvalue weighted by atomic mass is 16.6. The van der Waals surface area contributed by atoms with Gasteiger partial charge in [0.1, 0.15) is 13.7 Å². The fourth-order valence-corrected chi connectivity index (χ4v) is 3.32. The molecule has 142 valence electrons. The second kappa shape index (κ2) is 7.82. The topological polar surface area (TPSA) is 59.9 Å². The summed E-state index contributed by atoms with van der Waals surface area (Å²) in [4.78, 5) is 17.2. The van der Waals surface area contributed by atoms with E-state index in [1.54, 1.807) is 6.21 Å². The summed E-state index contributed by atoms with van der Waals surface area (Å²) < 4.78 is 5.55. The summed E-state index contributed by atoms with van der Waals surface area (Å²) in [6, 6.07) is 16.1. The Balaban J connectivity index is 1.58. The van der Waals surface area contributed by atoms with Gasteiger partial charge in [-0.15, -0.1) is 0 Å². The SMILES string of the molecule is CON=CC1C(C(=O)OCc2cccc(Nc3ccc(C)cc3)c2)C1(C)C. The van der Waals surface area contributed by atoms with Crippen LogP contribution in [-0.4, -0.2) is 19.3 Å². The summed E-state index contributed by atoms with van der Waals surface area (Å²) in [6.07, 6.45) is 1.69. The highest BCUT2D eigenvalue weighted by Crippen LogP contribution is 2.57. The standard InChI is InChI=1S/C22H26N2O3/c1-15-8-10-17(11-9-15)24-18-7-5-6-16(12-18)14-27-21(25)20-19(13-23-26-4)22(20,2)3/h5-13,19-20,24H,14H2,1-4H3. The average molecular weight is 366 g/mol. The van der Waals surface area contributed by atoms with E-state index in [2.05, 4.69) is 29.5 Å². The molecule has 0 spiro atoms. The molecule has 1 fully saturated rings. The lowest BCUT2D eigenvalue weighted by Crippen LogP contribution is -2.11. The maximum absolute atomic E-state index is 12.4. The van der Waals surface area contributed by atoms with E-state index in [-0.39, 0.29) is 29.8 Å². The molecule has 0 saturated heterocycles. The van der Waals surface area contributed by atoms with Crippen LogP contribution >= 0.6 is 0 Å². The van der Waals surface area contributed by atoms with Crippen LogP contribution in [0.3, 0.4) is 0 Å². The molecule has 2 atom stereocenters. The number of esters is 1. The smallest absolute Gasteiger partial charge is 0.310 e. The average Bonchev–Trinajstić information content (AvgIpc) is 3.21. The number of hydrogen-bond acceptors (Lipinski definition) is 5. The van der Waals surface area contributed by atoms with Crippen molar-refractivity contribution in [1.82, 2.24) is 0 Å². The second-order valence-electron chi connectivity index (χ2n) is 7.56. The van der Waals surface area contributed by atoms with Crippen molar-refractivity contribution in [2.75, 3.05) is 12.4 Å². The first-order valence-electron chi connectivity index (χ1n) is 9.07. The Morgan fingerprint density at radius 2 is 1.93 bits per heavy atom. The quantitative estimate of drug-likeness (QED) is 0.439. The zero-order valence-corrected chi connectivity index (χ0v) is 16.2. The third-order valence-electron chi connectivity index (χ3n) is 5.14.